The van der Waals surface area contributed by atoms with Crippen molar-refractivity contribution in [3.63, 3.8) is 0 Å². The van der Waals surface area contributed by atoms with Crippen molar-refractivity contribution in [2.75, 3.05) is 31.1 Å². The third-order valence-corrected chi connectivity index (χ3v) is 7.08. The van der Waals surface area contributed by atoms with Gasteiger partial charge in [-0.3, -0.25) is 14.9 Å². The molecular weight excluding hydrogens is 374 g/mol. The average Bonchev–Trinajstić information content (AvgIpc) is 2.71. The van der Waals surface area contributed by atoms with Crippen LogP contribution in [0.15, 0.2) is 18.2 Å². The van der Waals surface area contributed by atoms with Gasteiger partial charge in [-0.2, -0.15) is 0 Å². The van der Waals surface area contributed by atoms with Crippen molar-refractivity contribution in [1.29, 1.82) is 0 Å². The largest absolute Gasteiger partial charge is 0.370 e. The average molecular weight is 404 g/mol. The zero-order valence-corrected chi connectivity index (χ0v) is 17.1. The van der Waals surface area contributed by atoms with Crippen molar-refractivity contribution in [1.82, 2.24) is 10.6 Å². The number of amides is 2. The van der Waals surface area contributed by atoms with Gasteiger partial charge in [-0.1, -0.05) is 17.7 Å². The molecule has 1 unspecified atom stereocenters. The number of hydrogen-bond donors (Lipinski definition) is 2. The fraction of sp³-hybridized carbons (Fsp3) is 0.636. The van der Waals surface area contributed by atoms with Crippen molar-refractivity contribution in [2.45, 2.75) is 44.9 Å². The first-order valence-electron chi connectivity index (χ1n) is 10.7. The SMILES string of the molecule is O=C1CCC(Cc2ccc(N3CCC(C4CCNCC4)CC3)c(Cl)c2)C(=O)N1. The first kappa shape index (κ1) is 19.7. The summed E-state index contributed by atoms with van der Waals surface area (Å²) in [7, 11) is 0. The zero-order valence-electron chi connectivity index (χ0n) is 16.4. The maximum Gasteiger partial charge on any atom is 0.230 e. The van der Waals surface area contributed by atoms with Crippen molar-refractivity contribution in [2.24, 2.45) is 17.8 Å². The second-order valence-electron chi connectivity index (χ2n) is 8.55. The number of halogens is 1. The highest BCUT2D eigenvalue weighted by molar-refractivity contribution is 6.33. The third kappa shape index (κ3) is 4.52. The van der Waals surface area contributed by atoms with E-state index in [1.54, 1.807) is 0 Å². The number of imide groups is 1. The lowest BCUT2D eigenvalue weighted by atomic mass is 9.79. The van der Waals surface area contributed by atoms with E-state index in [9.17, 15) is 9.59 Å². The zero-order chi connectivity index (χ0) is 19.5. The van der Waals surface area contributed by atoms with Gasteiger partial charge in [-0.05, 0) is 81.1 Å². The first-order valence-corrected chi connectivity index (χ1v) is 11.1. The molecule has 4 rings (SSSR count). The Hall–Kier alpha value is -1.59. The van der Waals surface area contributed by atoms with Crippen LogP contribution in [0, 0.1) is 17.8 Å². The third-order valence-electron chi connectivity index (χ3n) is 6.78. The number of hydrogen-bond acceptors (Lipinski definition) is 4. The van der Waals surface area contributed by atoms with Crippen LogP contribution in [0.1, 0.15) is 44.1 Å². The van der Waals surface area contributed by atoms with Crippen molar-refractivity contribution in [3.05, 3.63) is 28.8 Å². The molecule has 0 aliphatic carbocycles. The Morgan fingerprint density at radius 1 is 1.00 bits per heavy atom. The van der Waals surface area contributed by atoms with Crippen molar-refractivity contribution >= 4 is 29.1 Å². The molecule has 1 aromatic rings. The number of anilines is 1. The smallest absolute Gasteiger partial charge is 0.230 e. The summed E-state index contributed by atoms with van der Waals surface area (Å²) < 4.78 is 0. The van der Waals surface area contributed by atoms with Gasteiger partial charge in [-0.25, -0.2) is 0 Å². The summed E-state index contributed by atoms with van der Waals surface area (Å²) in [4.78, 5) is 25.7. The lowest BCUT2D eigenvalue weighted by Crippen LogP contribution is -2.41. The standard InChI is InChI=1S/C22H30ClN3O2/c23-19-14-15(13-18-2-4-21(27)25-22(18)28)1-3-20(19)26-11-7-17(8-12-26)16-5-9-24-10-6-16/h1,3,14,16-18,24H,2,4-13H2,(H,25,27,28). The minimum atomic E-state index is -0.164. The minimum Gasteiger partial charge on any atom is -0.370 e. The van der Waals surface area contributed by atoms with Crippen LogP contribution in [0.5, 0.6) is 0 Å². The Morgan fingerprint density at radius 3 is 2.39 bits per heavy atom. The number of nitrogens with one attached hydrogen (secondary N) is 2. The first-order chi connectivity index (χ1) is 13.6. The van der Waals surface area contributed by atoms with E-state index in [-0.39, 0.29) is 17.7 Å². The van der Waals surface area contributed by atoms with Gasteiger partial charge in [0.2, 0.25) is 11.8 Å². The molecule has 0 aromatic heterocycles. The van der Waals surface area contributed by atoms with E-state index < -0.39 is 0 Å². The van der Waals surface area contributed by atoms with Crippen LogP contribution in [0.25, 0.3) is 0 Å². The van der Waals surface area contributed by atoms with E-state index in [0.29, 0.717) is 19.3 Å². The summed E-state index contributed by atoms with van der Waals surface area (Å²) in [6.07, 6.45) is 6.82. The predicted molar refractivity (Wildman–Crippen MR) is 112 cm³/mol. The summed E-state index contributed by atoms with van der Waals surface area (Å²) in [5.74, 6) is 1.28. The Kier molecular flexibility index (Phi) is 6.22. The summed E-state index contributed by atoms with van der Waals surface area (Å²) in [6.45, 7) is 4.48. The van der Waals surface area contributed by atoms with E-state index in [0.717, 1.165) is 41.2 Å². The highest BCUT2D eigenvalue weighted by atomic mass is 35.5. The summed E-state index contributed by atoms with van der Waals surface area (Å²) in [6, 6.07) is 6.19. The van der Waals surface area contributed by atoms with Crippen LogP contribution >= 0.6 is 11.6 Å². The normalized spacial score (nSPS) is 25.0. The molecule has 152 valence electrons. The maximum absolute atomic E-state index is 12.0. The summed E-state index contributed by atoms with van der Waals surface area (Å²) in [5.41, 5.74) is 2.17. The summed E-state index contributed by atoms with van der Waals surface area (Å²) in [5, 5.41) is 6.67. The molecular formula is C22H30ClN3O2. The van der Waals surface area contributed by atoms with Crippen LogP contribution in [-0.4, -0.2) is 38.0 Å². The van der Waals surface area contributed by atoms with Gasteiger partial charge in [0.1, 0.15) is 0 Å². The fourth-order valence-corrected chi connectivity index (χ4v) is 5.40. The van der Waals surface area contributed by atoms with Crippen LogP contribution < -0.4 is 15.5 Å². The number of rotatable bonds is 4. The van der Waals surface area contributed by atoms with Gasteiger partial charge < -0.3 is 10.2 Å². The van der Waals surface area contributed by atoms with Crippen LogP contribution in [0.4, 0.5) is 5.69 Å². The monoisotopic (exact) mass is 403 g/mol. The molecule has 1 atom stereocenters. The molecule has 0 radical (unpaired) electrons. The van der Waals surface area contributed by atoms with E-state index in [1.165, 1.54) is 38.8 Å². The molecule has 5 nitrogen and oxygen atoms in total. The molecule has 1 aromatic carbocycles. The van der Waals surface area contributed by atoms with Crippen LogP contribution in [-0.2, 0) is 16.0 Å². The molecule has 2 N–H and O–H groups in total. The van der Waals surface area contributed by atoms with Crippen LogP contribution in [0.2, 0.25) is 5.02 Å². The lowest BCUT2D eigenvalue weighted by Gasteiger charge is -2.39. The fourth-order valence-electron chi connectivity index (χ4n) is 5.08. The number of piperidine rings is 3. The Morgan fingerprint density at radius 2 is 1.71 bits per heavy atom. The van der Waals surface area contributed by atoms with E-state index >= 15 is 0 Å². The van der Waals surface area contributed by atoms with E-state index in [2.05, 4.69) is 27.7 Å². The van der Waals surface area contributed by atoms with Crippen molar-refractivity contribution in [3.8, 4) is 0 Å². The summed E-state index contributed by atoms with van der Waals surface area (Å²) >= 11 is 6.62. The molecule has 3 aliphatic heterocycles. The Labute approximate surface area is 172 Å². The predicted octanol–water partition coefficient (Wildman–Crippen LogP) is 3.15. The lowest BCUT2D eigenvalue weighted by molar-refractivity contribution is -0.136. The Balaban J connectivity index is 1.34. The molecule has 0 bridgehead atoms. The Bertz CT molecular complexity index is 724. The minimum absolute atomic E-state index is 0.139. The van der Waals surface area contributed by atoms with Gasteiger partial charge in [0, 0.05) is 25.4 Å². The molecule has 0 saturated carbocycles. The second kappa shape index (κ2) is 8.83. The molecule has 28 heavy (non-hydrogen) atoms. The number of carbonyl (C=O) groups excluding carboxylic acids is 2. The molecule has 3 saturated heterocycles. The number of carbonyl (C=O) groups is 2. The molecule has 2 amide bonds. The van der Waals surface area contributed by atoms with Gasteiger partial charge in [-0.15, -0.1) is 0 Å². The van der Waals surface area contributed by atoms with Gasteiger partial charge in [0.15, 0.2) is 0 Å². The van der Waals surface area contributed by atoms with Gasteiger partial charge >= 0.3 is 0 Å². The number of nitrogens with zero attached hydrogens (tertiary/aromatic N) is 1. The van der Waals surface area contributed by atoms with Crippen LogP contribution in [0.3, 0.4) is 0 Å². The molecule has 0 spiro atoms. The molecule has 3 aliphatic rings. The van der Waals surface area contributed by atoms with Gasteiger partial charge in [0.05, 0.1) is 10.7 Å². The second-order valence-corrected chi connectivity index (χ2v) is 8.96. The van der Waals surface area contributed by atoms with E-state index in [4.69, 9.17) is 11.6 Å². The maximum atomic E-state index is 12.0. The van der Waals surface area contributed by atoms with E-state index in [1.807, 2.05) is 6.07 Å². The highest BCUT2D eigenvalue weighted by Crippen LogP contribution is 2.35. The highest BCUT2D eigenvalue weighted by Gasteiger charge is 2.29. The number of benzene rings is 1. The topological polar surface area (TPSA) is 61.4 Å². The molecule has 6 heteroatoms. The molecule has 3 heterocycles. The van der Waals surface area contributed by atoms with Crippen molar-refractivity contribution < 1.29 is 9.59 Å². The van der Waals surface area contributed by atoms with Gasteiger partial charge in [0.25, 0.3) is 0 Å². The molecule has 3 fully saturated rings. The quantitative estimate of drug-likeness (QED) is 0.758.